The first kappa shape index (κ1) is 15.9. The van der Waals surface area contributed by atoms with E-state index in [-0.39, 0.29) is 35.3 Å². The van der Waals surface area contributed by atoms with Crippen LogP contribution in [0.1, 0.15) is 12.0 Å². The molecule has 3 rings (SSSR count). The number of methoxy groups -OCH3 is 1. The topological polar surface area (TPSA) is 66.9 Å². The van der Waals surface area contributed by atoms with E-state index in [1.165, 1.54) is 4.90 Å². The number of ether oxygens (including phenoxy) is 1. The summed E-state index contributed by atoms with van der Waals surface area (Å²) >= 11 is 1.03. The van der Waals surface area contributed by atoms with Crippen molar-refractivity contribution in [3.05, 3.63) is 29.8 Å². The highest BCUT2D eigenvalue weighted by Crippen LogP contribution is 2.27. The number of imide groups is 1. The van der Waals surface area contributed by atoms with Crippen molar-refractivity contribution in [2.75, 3.05) is 26.0 Å². The lowest BCUT2D eigenvalue weighted by atomic mass is 10.1. The molecule has 1 aromatic carbocycles. The van der Waals surface area contributed by atoms with Crippen LogP contribution in [0.2, 0.25) is 0 Å². The van der Waals surface area contributed by atoms with E-state index in [1.54, 1.807) is 12.0 Å². The van der Waals surface area contributed by atoms with Crippen molar-refractivity contribution in [1.82, 2.24) is 9.80 Å². The van der Waals surface area contributed by atoms with Crippen molar-refractivity contribution in [2.24, 2.45) is 0 Å². The van der Waals surface area contributed by atoms with Crippen molar-refractivity contribution in [3.8, 4) is 5.75 Å². The zero-order chi connectivity index (χ0) is 16.4. The molecular formula is C16H18N2O4S. The molecule has 2 saturated heterocycles. The Kier molecular flexibility index (Phi) is 4.56. The molecule has 2 heterocycles. The number of thioether (sulfide) groups is 1. The Morgan fingerprint density at radius 3 is 2.83 bits per heavy atom. The maximum atomic E-state index is 12.5. The molecule has 6 nitrogen and oxygen atoms in total. The molecule has 0 saturated carbocycles. The summed E-state index contributed by atoms with van der Waals surface area (Å²) in [6.07, 6.45) is 0.906. The fourth-order valence-electron chi connectivity index (χ4n) is 3.02. The van der Waals surface area contributed by atoms with E-state index in [1.807, 2.05) is 24.3 Å². The van der Waals surface area contributed by atoms with Gasteiger partial charge in [0.2, 0.25) is 11.8 Å². The van der Waals surface area contributed by atoms with Gasteiger partial charge in [0.1, 0.15) is 5.75 Å². The highest BCUT2D eigenvalue weighted by molar-refractivity contribution is 8.14. The molecule has 1 unspecified atom stereocenters. The van der Waals surface area contributed by atoms with Crippen molar-refractivity contribution in [3.63, 3.8) is 0 Å². The molecule has 23 heavy (non-hydrogen) atoms. The van der Waals surface area contributed by atoms with Gasteiger partial charge in [-0.1, -0.05) is 30.0 Å². The Morgan fingerprint density at radius 2 is 2.13 bits per heavy atom. The number of benzene rings is 1. The van der Waals surface area contributed by atoms with Gasteiger partial charge in [-0.2, -0.15) is 0 Å². The summed E-state index contributed by atoms with van der Waals surface area (Å²) in [4.78, 5) is 39.1. The second kappa shape index (κ2) is 6.62. The molecule has 0 aromatic heterocycles. The minimum Gasteiger partial charge on any atom is -0.496 e. The number of amides is 3. The van der Waals surface area contributed by atoms with Crippen LogP contribution in [0.15, 0.2) is 24.3 Å². The molecule has 0 aliphatic carbocycles. The fraction of sp³-hybridized carbons (Fsp3) is 0.438. The molecule has 2 aliphatic heterocycles. The van der Waals surface area contributed by atoms with Gasteiger partial charge >= 0.3 is 0 Å². The Hall–Kier alpha value is -2.02. The lowest BCUT2D eigenvalue weighted by molar-refractivity contribution is -0.131. The van der Waals surface area contributed by atoms with Crippen LogP contribution in [-0.4, -0.2) is 58.8 Å². The van der Waals surface area contributed by atoms with Gasteiger partial charge in [-0.05, 0) is 12.5 Å². The molecule has 0 N–H and O–H groups in total. The van der Waals surface area contributed by atoms with Gasteiger partial charge in [0.15, 0.2) is 0 Å². The average molecular weight is 334 g/mol. The Labute approximate surface area is 138 Å². The summed E-state index contributed by atoms with van der Waals surface area (Å²) in [5, 5.41) is -0.195. The number of carbonyl (C=O) groups is 3. The average Bonchev–Trinajstić information content (AvgIpc) is 3.14. The van der Waals surface area contributed by atoms with Crippen molar-refractivity contribution < 1.29 is 19.1 Å². The van der Waals surface area contributed by atoms with E-state index < -0.39 is 0 Å². The number of para-hydroxylation sites is 1. The van der Waals surface area contributed by atoms with Crippen LogP contribution in [0.3, 0.4) is 0 Å². The quantitative estimate of drug-likeness (QED) is 0.835. The van der Waals surface area contributed by atoms with Crippen LogP contribution in [0.25, 0.3) is 0 Å². The van der Waals surface area contributed by atoms with Gasteiger partial charge in [-0.25, -0.2) is 0 Å². The maximum Gasteiger partial charge on any atom is 0.289 e. The number of rotatable bonds is 4. The smallest absolute Gasteiger partial charge is 0.289 e. The van der Waals surface area contributed by atoms with Crippen LogP contribution >= 0.6 is 11.8 Å². The van der Waals surface area contributed by atoms with Crippen molar-refractivity contribution in [2.45, 2.75) is 18.9 Å². The lowest BCUT2D eigenvalue weighted by Crippen LogP contribution is -2.41. The molecular weight excluding hydrogens is 316 g/mol. The zero-order valence-corrected chi connectivity index (χ0v) is 13.7. The van der Waals surface area contributed by atoms with E-state index >= 15 is 0 Å². The Morgan fingerprint density at radius 1 is 1.35 bits per heavy atom. The molecule has 2 aliphatic rings. The molecule has 1 aromatic rings. The number of likely N-dealkylation sites (tertiary alicyclic amines) is 1. The van der Waals surface area contributed by atoms with Gasteiger partial charge in [0.25, 0.3) is 5.24 Å². The molecule has 2 fully saturated rings. The van der Waals surface area contributed by atoms with E-state index in [9.17, 15) is 14.4 Å². The van der Waals surface area contributed by atoms with Gasteiger partial charge in [0, 0.05) is 18.7 Å². The van der Waals surface area contributed by atoms with E-state index in [4.69, 9.17) is 4.74 Å². The minimum absolute atomic E-state index is 0.0104. The molecule has 0 radical (unpaired) electrons. The Balaban J connectivity index is 1.63. The lowest BCUT2D eigenvalue weighted by Gasteiger charge is -2.22. The third kappa shape index (κ3) is 3.19. The third-order valence-electron chi connectivity index (χ3n) is 4.20. The first-order chi connectivity index (χ1) is 11.1. The highest BCUT2D eigenvalue weighted by Gasteiger charge is 2.40. The van der Waals surface area contributed by atoms with Gasteiger partial charge in [0.05, 0.1) is 25.3 Å². The number of nitrogens with zero attached hydrogens (tertiary/aromatic N) is 2. The summed E-state index contributed by atoms with van der Waals surface area (Å²) in [7, 11) is 1.58. The molecule has 0 spiro atoms. The number of hydrogen-bond donors (Lipinski definition) is 0. The maximum absolute atomic E-state index is 12.5. The van der Waals surface area contributed by atoms with E-state index in [0.717, 1.165) is 17.3 Å². The normalized spacial score (nSPS) is 21.2. The second-order valence-electron chi connectivity index (χ2n) is 5.59. The number of carbonyl (C=O) groups excluding carboxylic acids is 3. The predicted octanol–water partition coefficient (Wildman–Crippen LogP) is 1.53. The second-order valence-corrected chi connectivity index (χ2v) is 6.52. The number of hydrogen-bond acceptors (Lipinski definition) is 5. The predicted molar refractivity (Wildman–Crippen MR) is 86.4 cm³/mol. The van der Waals surface area contributed by atoms with E-state index in [0.29, 0.717) is 25.3 Å². The molecule has 3 amide bonds. The SMILES string of the molecule is COc1ccccc1CC(=O)N1CCC(N2C(=O)CSC2=O)C1. The summed E-state index contributed by atoms with van der Waals surface area (Å²) in [6.45, 7) is 0.992. The summed E-state index contributed by atoms with van der Waals surface area (Å²) < 4.78 is 5.27. The van der Waals surface area contributed by atoms with Crippen LogP contribution < -0.4 is 4.74 Å². The highest BCUT2D eigenvalue weighted by atomic mass is 32.2. The van der Waals surface area contributed by atoms with Crippen LogP contribution in [0.4, 0.5) is 4.79 Å². The van der Waals surface area contributed by atoms with Gasteiger partial charge < -0.3 is 9.64 Å². The van der Waals surface area contributed by atoms with Crippen LogP contribution in [0, 0.1) is 0 Å². The van der Waals surface area contributed by atoms with Gasteiger partial charge in [-0.3, -0.25) is 19.3 Å². The summed E-state index contributed by atoms with van der Waals surface area (Å²) in [5.74, 6) is 0.746. The van der Waals surface area contributed by atoms with E-state index in [2.05, 4.69) is 0 Å². The third-order valence-corrected chi connectivity index (χ3v) is 5.03. The summed E-state index contributed by atoms with van der Waals surface area (Å²) in [5.41, 5.74) is 0.840. The van der Waals surface area contributed by atoms with Crippen LogP contribution in [-0.2, 0) is 16.0 Å². The minimum atomic E-state index is -0.195. The first-order valence-electron chi connectivity index (χ1n) is 7.48. The monoisotopic (exact) mass is 334 g/mol. The first-order valence-corrected chi connectivity index (χ1v) is 8.47. The molecule has 122 valence electrons. The Bertz CT molecular complexity index is 633. The zero-order valence-electron chi connectivity index (χ0n) is 12.9. The largest absolute Gasteiger partial charge is 0.496 e. The molecule has 7 heteroatoms. The van der Waals surface area contributed by atoms with Crippen molar-refractivity contribution >= 4 is 28.8 Å². The summed E-state index contributed by atoms with van der Waals surface area (Å²) in [6, 6.07) is 7.24. The van der Waals surface area contributed by atoms with Gasteiger partial charge in [-0.15, -0.1) is 0 Å². The standard InChI is InChI=1S/C16H18N2O4S/c1-22-13-5-3-2-4-11(13)8-14(19)17-7-6-12(9-17)18-15(20)10-23-16(18)21/h2-5,12H,6-10H2,1H3. The molecule has 1 atom stereocenters. The van der Waals surface area contributed by atoms with Crippen molar-refractivity contribution in [1.29, 1.82) is 0 Å². The molecule has 0 bridgehead atoms. The van der Waals surface area contributed by atoms with Crippen LogP contribution in [0.5, 0.6) is 5.75 Å². The fourth-order valence-corrected chi connectivity index (χ4v) is 3.80.